The second-order valence-corrected chi connectivity index (χ2v) is 7.47. The third-order valence-electron chi connectivity index (χ3n) is 5.35. The highest BCUT2D eigenvalue weighted by atomic mass is 16.6. The Morgan fingerprint density at radius 2 is 1.81 bits per heavy atom. The van der Waals surface area contributed by atoms with E-state index in [1.807, 2.05) is 0 Å². The molecule has 0 spiro atoms. The first kappa shape index (κ1) is 23.2. The number of benzene rings is 1. The lowest BCUT2D eigenvalue weighted by molar-refractivity contribution is -0.394. The Balaban J connectivity index is 1.67. The number of hydrogen-bond acceptors (Lipinski definition) is 9. The van der Waals surface area contributed by atoms with Crippen molar-refractivity contribution >= 4 is 11.4 Å². The van der Waals surface area contributed by atoms with Crippen LogP contribution >= 0.6 is 0 Å². The molecular formula is C19H22N4O9. The third-order valence-corrected chi connectivity index (χ3v) is 5.35. The zero-order valence-corrected chi connectivity index (χ0v) is 16.9. The summed E-state index contributed by atoms with van der Waals surface area (Å²) in [5.41, 5.74) is -1.31. The van der Waals surface area contributed by atoms with E-state index in [9.17, 15) is 40.0 Å². The van der Waals surface area contributed by atoms with Crippen molar-refractivity contribution in [2.75, 3.05) is 6.61 Å². The van der Waals surface area contributed by atoms with Gasteiger partial charge in [0.25, 0.3) is 16.9 Å². The summed E-state index contributed by atoms with van der Waals surface area (Å²) in [5.74, 6) is 0. The minimum atomic E-state index is -0.940. The molecule has 32 heavy (non-hydrogen) atoms. The number of H-pyrrole nitrogens is 1. The Labute approximate surface area is 180 Å². The molecule has 0 radical (unpaired) electrons. The van der Waals surface area contributed by atoms with E-state index in [0.717, 1.165) is 10.6 Å². The van der Waals surface area contributed by atoms with E-state index in [1.165, 1.54) is 18.3 Å². The van der Waals surface area contributed by atoms with Crippen LogP contribution in [0.3, 0.4) is 0 Å². The molecule has 1 saturated heterocycles. The lowest BCUT2D eigenvalue weighted by Gasteiger charge is -2.15. The molecule has 1 fully saturated rings. The molecule has 1 aromatic heterocycles. The van der Waals surface area contributed by atoms with Gasteiger partial charge in [0.15, 0.2) is 0 Å². The molecule has 2 aromatic rings. The molecule has 1 aliphatic heterocycles. The van der Waals surface area contributed by atoms with Gasteiger partial charge in [-0.15, -0.1) is 0 Å². The van der Waals surface area contributed by atoms with Gasteiger partial charge in [-0.25, -0.2) is 4.79 Å². The van der Waals surface area contributed by atoms with Gasteiger partial charge in [-0.1, -0.05) is 0 Å². The summed E-state index contributed by atoms with van der Waals surface area (Å²) in [7, 11) is 0. The average molecular weight is 450 g/mol. The van der Waals surface area contributed by atoms with Crippen molar-refractivity contribution in [2.45, 2.75) is 50.5 Å². The number of aliphatic hydroxyl groups excluding tert-OH is 2. The molecule has 0 unspecified atom stereocenters. The topological polar surface area (TPSA) is 191 Å². The highest BCUT2D eigenvalue weighted by Crippen LogP contribution is 2.28. The van der Waals surface area contributed by atoms with Crippen LogP contribution in [0.25, 0.3) is 0 Å². The SMILES string of the molecule is O=c1[nH]c(=O)n([C@H]2C[C@H](O)[C@@H](CO)O2)cc1CCCCc1ccc([N+](=O)[O-])cc1[N+](=O)[O-]. The minimum Gasteiger partial charge on any atom is -0.394 e. The zero-order chi connectivity index (χ0) is 23.4. The van der Waals surface area contributed by atoms with Gasteiger partial charge in [0.05, 0.1) is 28.6 Å². The zero-order valence-electron chi connectivity index (χ0n) is 16.9. The van der Waals surface area contributed by atoms with Crippen LogP contribution in [0.1, 0.15) is 36.6 Å². The van der Waals surface area contributed by atoms with Gasteiger partial charge in [0.1, 0.15) is 12.3 Å². The molecule has 0 amide bonds. The second kappa shape index (κ2) is 9.80. The van der Waals surface area contributed by atoms with Crippen LogP contribution in [0, 0.1) is 20.2 Å². The maximum absolute atomic E-state index is 12.1. The number of aliphatic hydroxyl groups is 2. The molecule has 172 valence electrons. The van der Waals surface area contributed by atoms with E-state index in [1.54, 1.807) is 0 Å². The summed E-state index contributed by atoms with van der Waals surface area (Å²) in [6, 6.07) is 3.48. The van der Waals surface area contributed by atoms with E-state index in [2.05, 4.69) is 4.98 Å². The maximum atomic E-state index is 12.1. The largest absolute Gasteiger partial charge is 0.394 e. The van der Waals surface area contributed by atoms with Crippen LogP contribution in [0.2, 0.25) is 0 Å². The summed E-state index contributed by atoms with van der Waals surface area (Å²) >= 11 is 0. The van der Waals surface area contributed by atoms with Crippen LogP contribution in [-0.2, 0) is 17.6 Å². The first-order chi connectivity index (χ1) is 15.2. The van der Waals surface area contributed by atoms with Crippen LogP contribution < -0.4 is 11.2 Å². The molecule has 13 nitrogen and oxygen atoms in total. The van der Waals surface area contributed by atoms with Gasteiger partial charge in [-0.05, 0) is 31.7 Å². The molecule has 3 rings (SSSR count). The molecule has 1 aromatic carbocycles. The number of nitro benzene ring substituents is 2. The lowest BCUT2D eigenvalue weighted by atomic mass is 10.0. The number of rotatable bonds is 9. The molecule has 0 bridgehead atoms. The number of nitrogens with one attached hydrogen (secondary N) is 1. The molecule has 2 heterocycles. The number of ether oxygens (including phenoxy) is 1. The second-order valence-electron chi connectivity index (χ2n) is 7.47. The van der Waals surface area contributed by atoms with Crippen LogP contribution in [0.4, 0.5) is 11.4 Å². The summed E-state index contributed by atoms with van der Waals surface area (Å²) in [6.45, 7) is -0.405. The van der Waals surface area contributed by atoms with Crippen LogP contribution in [-0.4, -0.2) is 48.4 Å². The third kappa shape index (κ3) is 5.07. The van der Waals surface area contributed by atoms with Crippen LogP contribution in [0.5, 0.6) is 0 Å². The fourth-order valence-corrected chi connectivity index (χ4v) is 3.65. The standard InChI is InChI=1S/C19H22N4O9/c24-10-16-15(25)8-17(32-16)21-9-12(18(26)20-19(21)27)4-2-1-3-11-5-6-13(22(28)29)7-14(11)23(30)31/h5-7,9,15-17,24-25H,1-4,8,10H2,(H,20,26,27)/t15-,16+,17+/m0/s1. The number of aryl methyl sites for hydroxylation is 2. The first-order valence-electron chi connectivity index (χ1n) is 9.91. The first-order valence-corrected chi connectivity index (χ1v) is 9.91. The van der Waals surface area contributed by atoms with Gasteiger partial charge in [-0.2, -0.15) is 0 Å². The Hall–Kier alpha value is -3.42. The number of hydrogen-bond donors (Lipinski definition) is 3. The van der Waals surface area contributed by atoms with Crippen LogP contribution in [0.15, 0.2) is 34.0 Å². The highest BCUT2D eigenvalue weighted by Gasteiger charge is 2.35. The minimum absolute atomic E-state index is 0.0838. The normalized spacial score (nSPS) is 20.4. The molecule has 0 saturated carbocycles. The van der Waals surface area contributed by atoms with Gasteiger partial charge < -0.3 is 14.9 Å². The van der Waals surface area contributed by atoms with Gasteiger partial charge in [-0.3, -0.25) is 34.6 Å². The van der Waals surface area contributed by atoms with E-state index in [0.29, 0.717) is 24.0 Å². The maximum Gasteiger partial charge on any atom is 0.330 e. The van der Waals surface area contributed by atoms with Crippen molar-refractivity contribution in [1.82, 2.24) is 9.55 Å². The fourth-order valence-electron chi connectivity index (χ4n) is 3.65. The summed E-state index contributed by atoms with van der Waals surface area (Å²) in [4.78, 5) is 47.2. The molecule has 3 N–H and O–H groups in total. The Kier molecular flexibility index (Phi) is 7.12. The van der Waals surface area contributed by atoms with Crippen molar-refractivity contribution in [1.29, 1.82) is 0 Å². The Morgan fingerprint density at radius 3 is 2.41 bits per heavy atom. The summed E-state index contributed by atoms with van der Waals surface area (Å²) in [6.07, 6.45) is 0.326. The van der Waals surface area contributed by atoms with Gasteiger partial charge in [0.2, 0.25) is 0 Å². The number of aromatic amines is 1. The predicted molar refractivity (Wildman–Crippen MR) is 109 cm³/mol. The highest BCUT2D eigenvalue weighted by molar-refractivity contribution is 5.49. The van der Waals surface area contributed by atoms with E-state index in [4.69, 9.17) is 4.74 Å². The monoisotopic (exact) mass is 450 g/mol. The quantitative estimate of drug-likeness (QED) is 0.278. The van der Waals surface area contributed by atoms with Gasteiger partial charge in [0, 0.05) is 29.8 Å². The Morgan fingerprint density at radius 1 is 1.12 bits per heavy atom. The predicted octanol–water partition coefficient (Wildman–Crippen LogP) is 0.559. The van der Waals surface area contributed by atoms with Gasteiger partial charge >= 0.3 is 5.69 Å². The molecular weight excluding hydrogens is 428 g/mol. The van der Waals surface area contributed by atoms with Crippen molar-refractivity contribution < 1.29 is 24.8 Å². The fraction of sp³-hybridized carbons (Fsp3) is 0.474. The van der Waals surface area contributed by atoms with E-state index in [-0.39, 0.29) is 30.6 Å². The molecule has 0 aliphatic carbocycles. The smallest absolute Gasteiger partial charge is 0.330 e. The summed E-state index contributed by atoms with van der Waals surface area (Å²) in [5, 5.41) is 41.1. The van der Waals surface area contributed by atoms with E-state index < -0.39 is 46.1 Å². The van der Waals surface area contributed by atoms with Crippen molar-refractivity contribution in [3.05, 3.63) is 76.6 Å². The Bertz CT molecular complexity index is 1130. The van der Waals surface area contributed by atoms with Crippen molar-refractivity contribution in [2.24, 2.45) is 0 Å². The molecule has 13 heteroatoms. The summed E-state index contributed by atoms with van der Waals surface area (Å²) < 4.78 is 6.62. The molecule has 3 atom stereocenters. The number of unbranched alkanes of at least 4 members (excludes halogenated alkanes) is 1. The van der Waals surface area contributed by atoms with Crippen molar-refractivity contribution in [3.8, 4) is 0 Å². The molecule has 1 aliphatic rings. The number of aromatic nitrogens is 2. The van der Waals surface area contributed by atoms with E-state index >= 15 is 0 Å². The number of nitro groups is 2. The number of non-ortho nitro benzene ring substituents is 1. The lowest BCUT2D eigenvalue weighted by Crippen LogP contribution is -2.34. The number of nitrogens with zero attached hydrogens (tertiary/aromatic N) is 3. The average Bonchev–Trinajstić information content (AvgIpc) is 3.12. The van der Waals surface area contributed by atoms with Crippen molar-refractivity contribution in [3.63, 3.8) is 0 Å².